The molecule has 1 heterocycles. The zero-order valence-corrected chi connectivity index (χ0v) is 12.0. The van der Waals surface area contributed by atoms with E-state index in [1.807, 2.05) is 0 Å². The maximum Gasteiger partial charge on any atom is 0.0667 e. The van der Waals surface area contributed by atoms with E-state index < -0.39 is 0 Å². The number of ether oxygens (including phenoxy) is 1. The standard InChI is InChI=1S/C15H28N2O2/c16-9-7-5-3-1-2-4-6-8-15(18)14-17-10-12-19-13-11-17/h15,18H,1-8,10-14H2. The van der Waals surface area contributed by atoms with Crippen LogP contribution in [0.5, 0.6) is 0 Å². The van der Waals surface area contributed by atoms with Crippen LogP contribution in [0.4, 0.5) is 0 Å². The lowest BCUT2D eigenvalue weighted by Gasteiger charge is -2.28. The molecule has 4 heteroatoms. The molecule has 0 aromatic rings. The first-order valence-corrected chi connectivity index (χ1v) is 7.68. The summed E-state index contributed by atoms with van der Waals surface area (Å²) in [5, 5.41) is 18.4. The predicted octanol–water partition coefficient (Wildman–Crippen LogP) is 2.32. The van der Waals surface area contributed by atoms with Crippen LogP contribution in [0.2, 0.25) is 0 Å². The molecule has 1 aliphatic rings. The Kier molecular flexibility index (Phi) is 9.70. The van der Waals surface area contributed by atoms with Crippen LogP contribution in [0.15, 0.2) is 0 Å². The Labute approximate surface area is 117 Å². The number of unbranched alkanes of at least 4 members (excludes halogenated alkanes) is 6. The summed E-state index contributed by atoms with van der Waals surface area (Å²) in [6.45, 7) is 4.31. The minimum absolute atomic E-state index is 0.184. The zero-order valence-electron chi connectivity index (χ0n) is 12.0. The molecule has 0 aliphatic carbocycles. The molecule has 19 heavy (non-hydrogen) atoms. The molecule has 0 amide bonds. The van der Waals surface area contributed by atoms with Crippen molar-refractivity contribution in [2.24, 2.45) is 0 Å². The molecule has 0 radical (unpaired) electrons. The molecule has 0 aromatic carbocycles. The van der Waals surface area contributed by atoms with E-state index in [1.54, 1.807) is 0 Å². The lowest BCUT2D eigenvalue weighted by molar-refractivity contribution is 0.0127. The van der Waals surface area contributed by atoms with Gasteiger partial charge >= 0.3 is 0 Å². The van der Waals surface area contributed by atoms with E-state index in [2.05, 4.69) is 11.0 Å². The Bertz CT molecular complexity index is 247. The van der Waals surface area contributed by atoms with Gasteiger partial charge in [-0.3, -0.25) is 4.90 Å². The predicted molar refractivity (Wildman–Crippen MR) is 75.8 cm³/mol. The fourth-order valence-corrected chi connectivity index (χ4v) is 2.46. The Morgan fingerprint density at radius 1 is 1.05 bits per heavy atom. The van der Waals surface area contributed by atoms with Gasteiger partial charge in [-0.25, -0.2) is 0 Å². The smallest absolute Gasteiger partial charge is 0.0667 e. The van der Waals surface area contributed by atoms with Crippen molar-refractivity contribution in [1.29, 1.82) is 5.26 Å². The molecule has 1 N–H and O–H groups in total. The number of hydrogen-bond acceptors (Lipinski definition) is 4. The lowest BCUT2D eigenvalue weighted by atomic mass is 10.1. The lowest BCUT2D eigenvalue weighted by Crippen LogP contribution is -2.40. The van der Waals surface area contributed by atoms with E-state index in [0.29, 0.717) is 6.42 Å². The summed E-state index contributed by atoms with van der Waals surface area (Å²) in [5.74, 6) is 0. The molecule has 1 saturated heterocycles. The average molecular weight is 268 g/mol. The average Bonchev–Trinajstić information content (AvgIpc) is 2.43. The number of nitriles is 1. The minimum atomic E-state index is -0.184. The SMILES string of the molecule is N#CCCCCCCCCC(O)CN1CCOCC1. The second kappa shape index (κ2) is 11.2. The number of rotatable bonds is 10. The molecule has 0 bridgehead atoms. The summed E-state index contributed by atoms with van der Waals surface area (Å²) >= 11 is 0. The fraction of sp³-hybridized carbons (Fsp3) is 0.933. The summed E-state index contributed by atoms with van der Waals surface area (Å²) in [6.07, 6.45) is 8.40. The first-order chi connectivity index (χ1) is 9.33. The third-order valence-electron chi connectivity index (χ3n) is 3.65. The molecule has 1 atom stereocenters. The highest BCUT2D eigenvalue weighted by Crippen LogP contribution is 2.10. The number of morpholine rings is 1. The quantitative estimate of drug-likeness (QED) is 0.618. The van der Waals surface area contributed by atoms with Crippen LogP contribution in [-0.2, 0) is 4.74 Å². The Balaban J connectivity index is 1.87. The molecule has 1 aliphatic heterocycles. The van der Waals surface area contributed by atoms with Crippen molar-refractivity contribution in [3.05, 3.63) is 0 Å². The van der Waals surface area contributed by atoms with E-state index in [9.17, 15) is 5.11 Å². The van der Waals surface area contributed by atoms with E-state index in [1.165, 1.54) is 25.7 Å². The van der Waals surface area contributed by atoms with E-state index in [-0.39, 0.29) is 6.10 Å². The van der Waals surface area contributed by atoms with Gasteiger partial charge in [0, 0.05) is 26.1 Å². The van der Waals surface area contributed by atoms with Crippen molar-refractivity contribution in [2.75, 3.05) is 32.8 Å². The molecule has 1 unspecified atom stereocenters. The number of β-amino-alcohol motifs (C(OH)–C–C–N with tert-alkyl or cyclic N) is 1. The molecule has 1 rings (SSSR count). The van der Waals surface area contributed by atoms with Gasteiger partial charge < -0.3 is 9.84 Å². The third kappa shape index (κ3) is 8.99. The number of nitrogens with zero attached hydrogens (tertiary/aromatic N) is 2. The van der Waals surface area contributed by atoms with E-state index in [0.717, 1.165) is 52.1 Å². The maximum atomic E-state index is 9.96. The van der Waals surface area contributed by atoms with Gasteiger partial charge in [0.15, 0.2) is 0 Å². The highest BCUT2D eigenvalue weighted by Gasteiger charge is 2.14. The molecular formula is C15H28N2O2. The van der Waals surface area contributed by atoms with Crippen molar-refractivity contribution in [3.63, 3.8) is 0 Å². The second-order valence-electron chi connectivity index (χ2n) is 5.38. The van der Waals surface area contributed by atoms with E-state index in [4.69, 9.17) is 10.00 Å². The van der Waals surface area contributed by atoms with Gasteiger partial charge in [-0.05, 0) is 12.8 Å². The van der Waals surface area contributed by atoms with Crippen LogP contribution in [0.3, 0.4) is 0 Å². The van der Waals surface area contributed by atoms with Crippen molar-refractivity contribution < 1.29 is 9.84 Å². The normalized spacial score (nSPS) is 18.1. The summed E-state index contributed by atoms with van der Waals surface area (Å²) in [4.78, 5) is 2.29. The maximum absolute atomic E-state index is 9.96. The van der Waals surface area contributed by atoms with Crippen molar-refractivity contribution in [2.45, 2.75) is 57.5 Å². The second-order valence-corrected chi connectivity index (χ2v) is 5.38. The van der Waals surface area contributed by atoms with Gasteiger partial charge in [-0.15, -0.1) is 0 Å². The van der Waals surface area contributed by atoms with Crippen LogP contribution in [0.25, 0.3) is 0 Å². The summed E-state index contributed by atoms with van der Waals surface area (Å²) in [5.41, 5.74) is 0. The molecule has 0 spiro atoms. The van der Waals surface area contributed by atoms with Crippen molar-refractivity contribution in [1.82, 2.24) is 4.90 Å². The molecule has 1 fully saturated rings. The highest BCUT2D eigenvalue weighted by atomic mass is 16.5. The molecular weight excluding hydrogens is 240 g/mol. The number of aliphatic hydroxyl groups is 1. The minimum Gasteiger partial charge on any atom is -0.392 e. The van der Waals surface area contributed by atoms with Crippen LogP contribution < -0.4 is 0 Å². The first kappa shape index (κ1) is 16.4. The Morgan fingerprint density at radius 3 is 2.37 bits per heavy atom. The van der Waals surface area contributed by atoms with Crippen LogP contribution in [0.1, 0.15) is 51.4 Å². The van der Waals surface area contributed by atoms with Gasteiger partial charge in [-0.2, -0.15) is 5.26 Å². The van der Waals surface area contributed by atoms with Crippen molar-refractivity contribution in [3.8, 4) is 6.07 Å². The zero-order chi connectivity index (χ0) is 13.8. The highest BCUT2D eigenvalue weighted by molar-refractivity contribution is 4.68. The summed E-state index contributed by atoms with van der Waals surface area (Å²) in [7, 11) is 0. The summed E-state index contributed by atoms with van der Waals surface area (Å²) < 4.78 is 5.29. The van der Waals surface area contributed by atoms with Gasteiger partial charge in [0.1, 0.15) is 0 Å². The van der Waals surface area contributed by atoms with Gasteiger partial charge in [0.2, 0.25) is 0 Å². The van der Waals surface area contributed by atoms with Crippen LogP contribution in [0, 0.1) is 11.3 Å². The molecule has 110 valence electrons. The van der Waals surface area contributed by atoms with Crippen LogP contribution >= 0.6 is 0 Å². The Morgan fingerprint density at radius 2 is 1.68 bits per heavy atom. The summed E-state index contributed by atoms with van der Waals surface area (Å²) in [6, 6.07) is 2.18. The van der Waals surface area contributed by atoms with Crippen molar-refractivity contribution >= 4 is 0 Å². The molecule has 0 aromatic heterocycles. The fourth-order valence-electron chi connectivity index (χ4n) is 2.46. The van der Waals surface area contributed by atoms with E-state index >= 15 is 0 Å². The van der Waals surface area contributed by atoms with Gasteiger partial charge in [0.05, 0.1) is 25.4 Å². The molecule has 0 saturated carbocycles. The Hall–Kier alpha value is -0.630. The largest absolute Gasteiger partial charge is 0.392 e. The monoisotopic (exact) mass is 268 g/mol. The van der Waals surface area contributed by atoms with Gasteiger partial charge in [-0.1, -0.05) is 32.1 Å². The van der Waals surface area contributed by atoms with Gasteiger partial charge in [0.25, 0.3) is 0 Å². The topological polar surface area (TPSA) is 56.5 Å². The molecule has 4 nitrogen and oxygen atoms in total. The first-order valence-electron chi connectivity index (χ1n) is 7.68. The third-order valence-corrected chi connectivity index (χ3v) is 3.65. The number of hydrogen-bond donors (Lipinski definition) is 1. The van der Waals surface area contributed by atoms with Crippen LogP contribution in [-0.4, -0.2) is 49.0 Å². The number of aliphatic hydroxyl groups excluding tert-OH is 1.